The molecule has 0 unspecified atom stereocenters. The Morgan fingerprint density at radius 2 is 2.18 bits per heavy atom. The molecule has 4 heteroatoms. The highest BCUT2D eigenvalue weighted by Crippen LogP contribution is 2.25. The summed E-state index contributed by atoms with van der Waals surface area (Å²) in [6.45, 7) is 1.71. The highest BCUT2D eigenvalue weighted by Gasteiger charge is 2.06. The van der Waals surface area contributed by atoms with Gasteiger partial charge in [-0.25, -0.2) is 9.37 Å². The van der Waals surface area contributed by atoms with Crippen molar-refractivity contribution in [3.05, 3.63) is 53.5 Å². The highest BCUT2D eigenvalue weighted by atomic mass is 79.9. The van der Waals surface area contributed by atoms with Gasteiger partial charge in [-0.1, -0.05) is 28.1 Å². The lowest BCUT2D eigenvalue weighted by atomic mass is 10.2. The lowest BCUT2D eigenvalue weighted by Crippen LogP contribution is -1.93. The zero-order chi connectivity index (χ0) is 12.3. The summed E-state index contributed by atoms with van der Waals surface area (Å²) in [5.41, 5.74) is 1.52. The van der Waals surface area contributed by atoms with Crippen LogP contribution in [0.5, 0.6) is 11.6 Å². The number of aromatic nitrogens is 1. The summed E-state index contributed by atoms with van der Waals surface area (Å²) in [6.07, 6.45) is 1.64. The summed E-state index contributed by atoms with van der Waals surface area (Å²) < 4.78 is 18.9. The summed E-state index contributed by atoms with van der Waals surface area (Å²) >= 11 is 3.35. The SMILES string of the molecule is Cc1ccc(Oc2ncccc2CBr)cc1F. The number of pyridine rings is 1. The minimum atomic E-state index is -0.279. The van der Waals surface area contributed by atoms with Gasteiger partial charge in [-0.3, -0.25) is 0 Å². The van der Waals surface area contributed by atoms with Crippen molar-refractivity contribution in [1.82, 2.24) is 4.98 Å². The van der Waals surface area contributed by atoms with Crippen LogP contribution in [0.2, 0.25) is 0 Å². The number of rotatable bonds is 3. The van der Waals surface area contributed by atoms with Gasteiger partial charge >= 0.3 is 0 Å². The lowest BCUT2D eigenvalue weighted by molar-refractivity contribution is 0.453. The molecule has 0 aliphatic carbocycles. The van der Waals surface area contributed by atoms with Crippen LogP contribution in [0.15, 0.2) is 36.5 Å². The topological polar surface area (TPSA) is 22.1 Å². The van der Waals surface area contributed by atoms with Gasteiger partial charge in [0.05, 0.1) is 0 Å². The van der Waals surface area contributed by atoms with Crippen LogP contribution in [0.3, 0.4) is 0 Å². The summed E-state index contributed by atoms with van der Waals surface area (Å²) in [7, 11) is 0. The second kappa shape index (κ2) is 5.27. The number of nitrogens with zero attached hydrogens (tertiary/aromatic N) is 1. The molecular formula is C13H11BrFNO. The molecule has 2 rings (SSSR count). The molecule has 1 aromatic heterocycles. The van der Waals surface area contributed by atoms with Crippen LogP contribution in [0, 0.1) is 12.7 Å². The lowest BCUT2D eigenvalue weighted by Gasteiger charge is -2.08. The molecule has 1 heterocycles. The molecule has 0 aliphatic rings. The van der Waals surface area contributed by atoms with Gasteiger partial charge in [-0.15, -0.1) is 0 Å². The Morgan fingerprint density at radius 3 is 2.88 bits per heavy atom. The fraction of sp³-hybridized carbons (Fsp3) is 0.154. The molecule has 0 spiro atoms. The van der Waals surface area contributed by atoms with Crippen molar-refractivity contribution < 1.29 is 9.13 Å². The maximum absolute atomic E-state index is 13.4. The fourth-order valence-corrected chi connectivity index (χ4v) is 1.79. The molecule has 2 aromatic rings. The van der Waals surface area contributed by atoms with Crippen LogP contribution in [-0.4, -0.2) is 4.98 Å². The number of hydrogen-bond acceptors (Lipinski definition) is 2. The number of benzene rings is 1. The first-order chi connectivity index (χ1) is 8.20. The van der Waals surface area contributed by atoms with Crippen LogP contribution in [-0.2, 0) is 5.33 Å². The van der Waals surface area contributed by atoms with E-state index >= 15 is 0 Å². The van der Waals surface area contributed by atoms with E-state index in [9.17, 15) is 4.39 Å². The first kappa shape index (κ1) is 12.0. The van der Waals surface area contributed by atoms with E-state index in [0.717, 1.165) is 5.56 Å². The van der Waals surface area contributed by atoms with Crippen LogP contribution in [0.25, 0.3) is 0 Å². The normalized spacial score (nSPS) is 10.3. The minimum Gasteiger partial charge on any atom is -0.439 e. The van der Waals surface area contributed by atoms with Crippen molar-refractivity contribution in [1.29, 1.82) is 0 Å². The second-order valence-electron chi connectivity index (χ2n) is 3.61. The zero-order valence-corrected chi connectivity index (χ0v) is 10.9. The number of alkyl halides is 1. The molecule has 0 fully saturated rings. The summed E-state index contributed by atoms with van der Waals surface area (Å²) in [5.74, 6) is 0.667. The summed E-state index contributed by atoms with van der Waals surface area (Å²) in [6, 6.07) is 8.51. The second-order valence-corrected chi connectivity index (χ2v) is 4.18. The maximum atomic E-state index is 13.4. The van der Waals surface area contributed by atoms with E-state index < -0.39 is 0 Å². The molecule has 0 saturated carbocycles. The molecular weight excluding hydrogens is 285 g/mol. The Labute approximate surface area is 108 Å². The van der Waals surface area contributed by atoms with E-state index in [0.29, 0.717) is 22.5 Å². The van der Waals surface area contributed by atoms with Gasteiger partial charge in [-0.05, 0) is 24.6 Å². The molecule has 0 atom stereocenters. The fourth-order valence-electron chi connectivity index (χ4n) is 1.37. The predicted octanol–water partition coefficient (Wildman–Crippen LogP) is 4.22. The molecule has 0 amide bonds. The van der Waals surface area contributed by atoms with Crippen molar-refractivity contribution in [3.63, 3.8) is 0 Å². The van der Waals surface area contributed by atoms with Crippen molar-refractivity contribution in [2.45, 2.75) is 12.3 Å². The third-order valence-electron chi connectivity index (χ3n) is 2.35. The number of aryl methyl sites for hydroxylation is 1. The van der Waals surface area contributed by atoms with E-state index in [1.54, 1.807) is 25.3 Å². The van der Waals surface area contributed by atoms with Gasteiger partial charge in [0.25, 0.3) is 0 Å². The third kappa shape index (κ3) is 2.82. The van der Waals surface area contributed by atoms with Crippen molar-refractivity contribution >= 4 is 15.9 Å². The van der Waals surface area contributed by atoms with Gasteiger partial charge in [-0.2, -0.15) is 0 Å². The Bertz CT molecular complexity index is 531. The van der Waals surface area contributed by atoms with Gasteiger partial charge in [0, 0.05) is 23.2 Å². The molecule has 17 heavy (non-hydrogen) atoms. The standard InChI is InChI=1S/C13H11BrFNO/c1-9-4-5-11(7-12(9)15)17-13-10(8-14)3-2-6-16-13/h2-7H,8H2,1H3. The summed E-state index contributed by atoms with van der Waals surface area (Å²) in [4.78, 5) is 4.12. The van der Waals surface area contributed by atoms with Gasteiger partial charge < -0.3 is 4.74 Å². The Hall–Kier alpha value is -1.42. The number of halogens is 2. The van der Waals surface area contributed by atoms with Crippen molar-refractivity contribution in [2.24, 2.45) is 0 Å². The minimum absolute atomic E-state index is 0.279. The van der Waals surface area contributed by atoms with Gasteiger partial charge in [0.15, 0.2) is 0 Å². The molecule has 1 aromatic carbocycles. The van der Waals surface area contributed by atoms with Crippen molar-refractivity contribution in [2.75, 3.05) is 0 Å². The first-order valence-electron chi connectivity index (χ1n) is 5.14. The Balaban J connectivity index is 2.28. The summed E-state index contributed by atoms with van der Waals surface area (Å²) in [5, 5.41) is 0.643. The Kier molecular flexibility index (Phi) is 3.74. The van der Waals surface area contributed by atoms with E-state index in [2.05, 4.69) is 20.9 Å². The number of ether oxygens (including phenoxy) is 1. The highest BCUT2D eigenvalue weighted by molar-refractivity contribution is 9.08. The third-order valence-corrected chi connectivity index (χ3v) is 2.96. The number of hydrogen-bond donors (Lipinski definition) is 0. The maximum Gasteiger partial charge on any atom is 0.223 e. The smallest absolute Gasteiger partial charge is 0.223 e. The van der Waals surface area contributed by atoms with E-state index in [-0.39, 0.29) is 5.82 Å². The quantitative estimate of drug-likeness (QED) is 0.791. The Morgan fingerprint density at radius 1 is 1.35 bits per heavy atom. The molecule has 0 aliphatic heterocycles. The van der Waals surface area contributed by atoms with Crippen LogP contribution >= 0.6 is 15.9 Å². The molecule has 0 saturated heterocycles. The predicted molar refractivity (Wildman–Crippen MR) is 68.1 cm³/mol. The van der Waals surface area contributed by atoms with Gasteiger partial charge in [0.2, 0.25) is 5.88 Å². The molecule has 0 bridgehead atoms. The van der Waals surface area contributed by atoms with E-state index in [1.807, 2.05) is 12.1 Å². The van der Waals surface area contributed by atoms with E-state index in [1.165, 1.54) is 6.07 Å². The zero-order valence-electron chi connectivity index (χ0n) is 9.28. The first-order valence-corrected chi connectivity index (χ1v) is 6.26. The average Bonchev–Trinajstić information content (AvgIpc) is 2.34. The molecule has 0 radical (unpaired) electrons. The molecule has 2 nitrogen and oxygen atoms in total. The monoisotopic (exact) mass is 295 g/mol. The average molecular weight is 296 g/mol. The molecule has 0 N–H and O–H groups in total. The van der Waals surface area contributed by atoms with E-state index in [4.69, 9.17) is 4.74 Å². The van der Waals surface area contributed by atoms with Crippen LogP contribution in [0.1, 0.15) is 11.1 Å². The molecule has 88 valence electrons. The van der Waals surface area contributed by atoms with Crippen molar-refractivity contribution in [3.8, 4) is 11.6 Å². The van der Waals surface area contributed by atoms with Crippen LogP contribution in [0.4, 0.5) is 4.39 Å². The van der Waals surface area contributed by atoms with Gasteiger partial charge in [0.1, 0.15) is 11.6 Å². The largest absolute Gasteiger partial charge is 0.439 e. The van der Waals surface area contributed by atoms with Crippen LogP contribution < -0.4 is 4.74 Å².